The van der Waals surface area contributed by atoms with Crippen LogP contribution in [0.3, 0.4) is 0 Å². The van der Waals surface area contributed by atoms with Gasteiger partial charge in [0.15, 0.2) is 0 Å². The van der Waals surface area contributed by atoms with Crippen LogP contribution in [0.25, 0.3) is 11.1 Å². The summed E-state index contributed by atoms with van der Waals surface area (Å²) in [6, 6.07) is 15.8. The molecule has 35 heavy (non-hydrogen) atoms. The number of hydrogen-bond donors (Lipinski definition) is 2. The monoisotopic (exact) mass is 476 g/mol. The van der Waals surface area contributed by atoms with Crippen molar-refractivity contribution in [3.8, 4) is 11.1 Å². The van der Waals surface area contributed by atoms with Gasteiger partial charge in [0.05, 0.1) is 0 Å². The summed E-state index contributed by atoms with van der Waals surface area (Å²) in [6.45, 7) is 6.52. The van der Waals surface area contributed by atoms with Crippen molar-refractivity contribution < 1.29 is 24.2 Å². The number of hydrogen-bond acceptors (Lipinski definition) is 4. The molecule has 1 atom stereocenters. The number of carbonyl (C=O) groups excluding carboxylic acids is 2. The number of fused-ring (bicyclic) bond motifs is 4. The lowest BCUT2D eigenvalue weighted by Crippen LogP contribution is -2.56. The topological polar surface area (TPSA) is 95.9 Å². The van der Waals surface area contributed by atoms with Crippen molar-refractivity contribution in [1.82, 2.24) is 10.2 Å². The maximum Gasteiger partial charge on any atom is 0.407 e. The molecule has 0 aromatic heterocycles. The smallest absolute Gasteiger partial charge is 0.407 e. The highest BCUT2D eigenvalue weighted by atomic mass is 16.5. The minimum atomic E-state index is -1.06. The van der Waals surface area contributed by atoms with Gasteiger partial charge in [-0.25, -0.2) is 9.59 Å². The Kier molecular flexibility index (Phi) is 5.61. The summed E-state index contributed by atoms with van der Waals surface area (Å²) in [7, 11) is 0. The van der Waals surface area contributed by atoms with Gasteiger partial charge in [-0.2, -0.15) is 0 Å². The van der Waals surface area contributed by atoms with Gasteiger partial charge >= 0.3 is 12.1 Å². The SMILES string of the molecule is CC(C)(C)C(CC(=O)N1CC2CC1(C(=O)O)C2)NC(=O)OCC1c2ccccc2-c2ccccc21. The zero-order valence-electron chi connectivity index (χ0n) is 20.4. The second kappa shape index (κ2) is 8.40. The van der Waals surface area contributed by atoms with Crippen molar-refractivity contribution in [2.45, 2.75) is 57.5 Å². The van der Waals surface area contributed by atoms with Gasteiger partial charge in [-0.05, 0) is 46.4 Å². The number of amides is 2. The van der Waals surface area contributed by atoms with Crippen molar-refractivity contribution in [1.29, 1.82) is 0 Å². The third-order valence-electron chi connectivity index (χ3n) is 7.97. The quantitative estimate of drug-likeness (QED) is 0.644. The highest BCUT2D eigenvalue weighted by molar-refractivity contribution is 5.90. The molecule has 7 nitrogen and oxygen atoms in total. The van der Waals surface area contributed by atoms with Gasteiger partial charge in [0.1, 0.15) is 12.1 Å². The lowest BCUT2D eigenvalue weighted by atomic mass is 9.73. The minimum absolute atomic E-state index is 0.0371. The zero-order valence-corrected chi connectivity index (χ0v) is 20.4. The molecule has 2 aromatic rings. The van der Waals surface area contributed by atoms with E-state index in [4.69, 9.17) is 4.74 Å². The summed E-state index contributed by atoms with van der Waals surface area (Å²) < 4.78 is 5.69. The minimum Gasteiger partial charge on any atom is -0.479 e. The number of nitrogens with zero attached hydrogens (tertiary/aromatic N) is 1. The Balaban J connectivity index is 1.25. The second-order valence-electron chi connectivity index (χ2n) is 11.2. The third kappa shape index (κ3) is 3.97. The van der Waals surface area contributed by atoms with Crippen molar-refractivity contribution in [2.24, 2.45) is 11.3 Å². The van der Waals surface area contributed by atoms with Crippen molar-refractivity contribution in [3.63, 3.8) is 0 Å². The molecule has 3 fully saturated rings. The Labute approximate surface area is 205 Å². The Bertz CT molecular complexity index is 1130. The molecule has 6 rings (SSSR count). The van der Waals surface area contributed by atoms with Crippen molar-refractivity contribution in [2.75, 3.05) is 13.2 Å². The van der Waals surface area contributed by atoms with Crippen molar-refractivity contribution in [3.05, 3.63) is 59.7 Å². The lowest BCUT2D eigenvalue weighted by molar-refractivity contribution is -0.158. The highest BCUT2D eigenvalue weighted by Gasteiger charge is 2.62. The number of carboxylic acids is 1. The standard InChI is InChI=1S/C28H32N2O5/c1-27(2,3)23(12-24(31)30-15-17-13-28(30,14-17)25(32)33)29-26(34)35-16-22-20-10-6-4-8-18(20)19-9-5-7-11-21(19)22/h4-11,17,22-23H,12-16H2,1-3H3,(H,29,34)(H,32,33). The van der Waals surface area contributed by atoms with E-state index in [-0.39, 0.29) is 30.8 Å². The van der Waals surface area contributed by atoms with E-state index in [0.717, 1.165) is 22.3 Å². The first-order valence-electron chi connectivity index (χ1n) is 12.3. The number of aliphatic carboxylic acids is 1. The number of rotatable bonds is 6. The number of benzene rings is 2. The fraction of sp³-hybridized carbons (Fsp3) is 0.464. The summed E-state index contributed by atoms with van der Waals surface area (Å²) in [6.07, 6.45) is 0.510. The van der Waals surface area contributed by atoms with Crippen molar-refractivity contribution >= 4 is 18.0 Å². The van der Waals surface area contributed by atoms with Gasteiger partial charge in [-0.15, -0.1) is 0 Å². The van der Waals surface area contributed by atoms with E-state index in [2.05, 4.69) is 29.6 Å². The molecule has 7 heteroatoms. The van der Waals surface area contributed by atoms with Crippen LogP contribution in [0.4, 0.5) is 4.79 Å². The molecular formula is C28H32N2O5. The summed E-state index contributed by atoms with van der Waals surface area (Å²) >= 11 is 0. The summed E-state index contributed by atoms with van der Waals surface area (Å²) in [4.78, 5) is 39.4. The number of carboxylic acid groups (broad SMARTS) is 1. The molecule has 2 aliphatic carbocycles. The van der Waals surface area contributed by atoms with Gasteiger partial charge in [0.25, 0.3) is 0 Å². The van der Waals surface area contributed by atoms with Crippen LogP contribution in [0.5, 0.6) is 0 Å². The largest absolute Gasteiger partial charge is 0.479 e. The molecular weight excluding hydrogens is 444 g/mol. The molecule has 2 aliphatic heterocycles. The molecule has 0 spiro atoms. The van der Waals surface area contributed by atoms with Crippen LogP contribution in [-0.4, -0.2) is 52.7 Å². The molecule has 2 aromatic carbocycles. The number of nitrogens with one attached hydrogen (secondary N) is 1. The number of carbonyl (C=O) groups is 3. The Morgan fingerprint density at radius 3 is 2.17 bits per heavy atom. The molecule has 1 saturated carbocycles. The second-order valence-corrected chi connectivity index (χ2v) is 11.2. The van der Waals surface area contributed by atoms with E-state index in [1.165, 1.54) is 4.90 Å². The molecule has 0 radical (unpaired) electrons. The van der Waals surface area contributed by atoms with Crippen LogP contribution >= 0.6 is 0 Å². The first kappa shape index (κ1) is 23.4. The lowest BCUT2D eigenvalue weighted by Gasteiger charge is -2.39. The van der Waals surface area contributed by atoms with Gasteiger partial charge in [0.2, 0.25) is 5.91 Å². The van der Waals surface area contributed by atoms with E-state index >= 15 is 0 Å². The highest BCUT2D eigenvalue weighted by Crippen LogP contribution is 2.51. The van der Waals surface area contributed by atoms with E-state index < -0.39 is 29.1 Å². The Hall–Kier alpha value is -3.35. The third-order valence-corrected chi connectivity index (χ3v) is 7.97. The summed E-state index contributed by atoms with van der Waals surface area (Å²) in [5.41, 5.74) is 3.11. The first-order chi connectivity index (χ1) is 16.6. The fourth-order valence-electron chi connectivity index (χ4n) is 5.95. The molecule has 2 bridgehead atoms. The van der Waals surface area contributed by atoms with Gasteiger partial charge in [0, 0.05) is 24.9 Å². The van der Waals surface area contributed by atoms with Crippen LogP contribution in [0.15, 0.2) is 48.5 Å². The first-order valence-corrected chi connectivity index (χ1v) is 12.3. The molecule has 2 saturated heterocycles. The maximum absolute atomic E-state index is 13.1. The van der Waals surface area contributed by atoms with E-state index in [0.29, 0.717) is 19.4 Å². The normalized spacial score (nSPS) is 23.2. The molecule has 2 amide bonds. The van der Waals surface area contributed by atoms with Crippen LogP contribution in [0.1, 0.15) is 57.1 Å². The molecule has 1 unspecified atom stereocenters. The van der Waals surface area contributed by atoms with Gasteiger partial charge in [-0.1, -0.05) is 69.3 Å². The van der Waals surface area contributed by atoms with E-state index in [1.54, 1.807) is 0 Å². The van der Waals surface area contributed by atoms with Gasteiger partial charge in [-0.3, -0.25) is 4.79 Å². The van der Waals surface area contributed by atoms with Crippen LogP contribution < -0.4 is 5.32 Å². The van der Waals surface area contributed by atoms with E-state index in [9.17, 15) is 19.5 Å². The Morgan fingerprint density at radius 1 is 1.06 bits per heavy atom. The average Bonchev–Trinajstić information content (AvgIpc) is 3.45. The van der Waals surface area contributed by atoms with Crippen LogP contribution in [-0.2, 0) is 14.3 Å². The maximum atomic E-state index is 13.1. The van der Waals surface area contributed by atoms with Crippen LogP contribution in [0, 0.1) is 11.3 Å². The zero-order chi connectivity index (χ0) is 25.0. The summed E-state index contributed by atoms with van der Waals surface area (Å²) in [5.74, 6) is -0.949. The van der Waals surface area contributed by atoms with E-state index in [1.807, 2.05) is 45.0 Å². The molecule has 184 valence electrons. The Morgan fingerprint density at radius 2 is 1.63 bits per heavy atom. The average molecular weight is 477 g/mol. The number of ether oxygens (including phenoxy) is 1. The number of alkyl carbamates (subject to hydrolysis) is 1. The van der Waals surface area contributed by atoms with Gasteiger partial charge < -0.3 is 20.1 Å². The predicted octanol–water partition coefficient (Wildman–Crippen LogP) is 4.41. The fourth-order valence-corrected chi connectivity index (χ4v) is 5.95. The molecule has 2 N–H and O–H groups in total. The van der Waals surface area contributed by atoms with Crippen LogP contribution in [0.2, 0.25) is 0 Å². The summed E-state index contributed by atoms with van der Waals surface area (Å²) in [5, 5.41) is 12.6. The predicted molar refractivity (Wildman–Crippen MR) is 131 cm³/mol. The molecule has 2 heterocycles. The molecule has 4 aliphatic rings.